The number of ether oxygens (including phenoxy) is 1. The lowest BCUT2D eigenvalue weighted by molar-refractivity contribution is 0.284. The van der Waals surface area contributed by atoms with Crippen molar-refractivity contribution in [3.63, 3.8) is 0 Å². The van der Waals surface area contributed by atoms with Gasteiger partial charge in [0.2, 0.25) is 0 Å². The molecule has 0 heterocycles. The molecular weight excluding hydrogens is 282 g/mol. The molecule has 1 rings (SSSR count). The zero-order valence-electron chi connectivity index (χ0n) is 14.3. The smallest absolute Gasteiger partial charge is 0.137 e. The summed E-state index contributed by atoms with van der Waals surface area (Å²) >= 11 is 6.18. The summed E-state index contributed by atoms with van der Waals surface area (Å²) in [5.41, 5.74) is 1.79. The van der Waals surface area contributed by atoms with Crippen molar-refractivity contribution in [3.05, 3.63) is 28.8 Å². The van der Waals surface area contributed by atoms with Crippen LogP contribution in [0.4, 0.5) is 0 Å². The molecule has 3 heteroatoms. The maximum absolute atomic E-state index is 6.18. The van der Waals surface area contributed by atoms with E-state index < -0.39 is 0 Å². The van der Waals surface area contributed by atoms with Crippen molar-refractivity contribution < 1.29 is 4.74 Å². The zero-order valence-corrected chi connectivity index (χ0v) is 15.1. The molecule has 0 saturated heterocycles. The van der Waals surface area contributed by atoms with Gasteiger partial charge >= 0.3 is 0 Å². The molecule has 0 aromatic heterocycles. The standard InChI is InChI=1S/C18H30ClNO/c1-17(2,3)20-12-11-18(4,5)10-9-14-7-8-16(21-6)15(19)13-14/h7-8,13,20H,9-12H2,1-6H3. The van der Waals surface area contributed by atoms with Crippen LogP contribution in [0.2, 0.25) is 5.02 Å². The summed E-state index contributed by atoms with van der Waals surface area (Å²) < 4.78 is 5.19. The number of rotatable bonds is 7. The molecule has 0 fully saturated rings. The SMILES string of the molecule is COc1ccc(CCC(C)(C)CCNC(C)(C)C)cc1Cl. The molecule has 21 heavy (non-hydrogen) atoms. The summed E-state index contributed by atoms with van der Waals surface area (Å²) in [5, 5.41) is 4.26. The Bertz CT molecular complexity index is 449. The third-order valence-corrected chi connectivity index (χ3v) is 4.06. The summed E-state index contributed by atoms with van der Waals surface area (Å²) in [5.74, 6) is 0.744. The maximum Gasteiger partial charge on any atom is 0.137 e. The second-order valence-corrected chi connectivity index (χ2v) is 7.97. The van der Waals surface area contributed by atoms with E-state index in [1.807, 2.05) is 12.1 Å². The van der Waals surface area contributed by atoms with Gasteiger partial charge in [-0.05, 0) is 69.7 Å². The molecule has 0 aliphatic heterocycles. The number of hydrogen-bond donors (Lipinski definition) is 1. The first kappa shape index (κ1) is 18.3. The largest absolute Gasteiger partial charge is 0.495 e. The highest BCUT2D eigenvalue weighted by molar-refractivity contribution is 6.32. The molecule has 0 bridgehead atoms. The van der Waals surface area contributed by atoms with Gasteiger partial charge in [-0.15, -0.1) is 0 Å². The fourth-order valence-electron chi connectivity index (χ4n) is 2.25. The van der Waals surface area contributed by atoms with Gasteiger partial charge < -0.3 is 10.1 Å². The van der Waals surface area contributed by atoms with Crippen LogP contribution in [0.1, 0.15) is 53.0 Å². The molecule has 0 unspecified atom stereocenters. The van der Waals surface area contributed by atoms with Crippen LogP contribution in [-0.4, -0.2) is 19.2 Å². The van der Waals surface area contributed by atoms with E-state index in [0.29, 0.717) is 10.4 Å². The molecule has 0 spiro atoms. The zero-order chi connectivity index (χ0) is 16.1. The minimum absolute atomic E-state index is 0.194. The molecule has 0 aliphatic carbocycles. The van der Waals surface area contributed by atoms with Crippen molar-refractivity contribution in [2.75, 3.05) is 13.7 Å². The Hall–Kier alpha value is -0.730. The van der Waals surface area contributed by atoms with Gasteiger partial charge in [0.1, 0.15) is 5.75 Å². The van der Waals surface area contributed by atoms with Crippen LogP contribution in [0.5, 0.6) is 5.75 Å². The lowest BCUT2D eigenvalue weighted by atomic mass is 9.83. The molecule has 0 radical (unpaired) electrons. The molecular formula is C18H30ClNO. The Balaban J connectivity index is 2.47. The third-order valence-electron chi connectivity index (χ3n) is 3.76. The number of aryl methyl sites for hydroxylation is 1. The van der Waals surface area contributed by atoms with E-state index in [9.17, 15) is 0 Å². The van der Waals surface area contributed by atoms with Gasteiger partial charge in [-0.2, -0.15) is 0 Å². The Labute approximate surface area is 135 Å². The topological polar surface area (TPSA) is 21.3 Å². The van der Waals surface area contributed by atoms with E-state index in [0.717, 1.165) is 25.1 Å². The van der Waals surface area contributed by atoms with E-state index in [2.05, 4.69) is 46.0 Å². The van der Waals surface area contributed by atoms with Gasteiger partial charge in [0, 0.05) is 5.54 Å². The molecule has 0 aliphatic rings. The highest BCUT2D eigenvalue weighted by Crippen LogP contribution is 2.30. The van der Waals surface area contributed by atoms with Crippen LogP contribution in [0, 0.1) is 5.41 Å². The van der Waals surface area contributed by atoms with Crippen LogP contribution in [-0.2, 0) is 6.42 Å². The quantitative estimate of drug-likeness (QED) is 0.757. The van der Waals surface area contributed by atoms with Gasteiger partial charge in [-0.25, -0.2) is 0 Å². The van der Waals surface area contributed by atoms with Gasteiger partial charge in [-0.1, -0.05) is 31.5 Å². The van der Waals surface area contributed by atoms with Gasteiger partial charge in [0.15, 0.2) is 0 Å². The van der Waals surface area contributed by atoms with E-state index in [4.69, 9.17) is 16.3 Å². The van der Waals surface area contributed by atoms with E-state index in [-0.39, 0.29) is 5.54 Å². The Morgan fingerprint density at radius 1 is 1.10 bits per heavy atom. The van der Waals surface area contributed by atoms with Crippen LogP contribution in [0.3, 0.4) is 0 Å². The predicted octanol–water partition coefficient (Wildman–Crippen LogP) is 5.09. The molecule has 2 nitrogen and oxygen atoms in total. The van der Waals surface area contributed by atoms with Crippen LogP contribution in [0.15, 0.2) is 18.2 Å². The lowest BCUT2D eigenvalue weighted by Crippen LogP contribution is -2.38. The molecule has 1 aromatic carbocycles. The fraction of sp³-hybridized carbons (Fsp3) is 0.667. The molecule has 1 N–H and O–H groups in total. The summed E-state index contributed by atoms with van der Waals surface area (Å²) in [4.78, 5) is 0. The first-order chi connectivity index (χ1) is 9.63. The summed E-state index contributed by atoms with van der Waals surface area (Å²) in [6.07, 6.45) is 3.38. The second kappa shape index (κ2) is 7.51. The average Bonchev–Trinajstić information content (AvgIpc) is 2.35. The van der Waals surface area contributed by atoms with Crippen LogP contribution < -0.4 is 10.1 Å². The highest BCUT2D eigenvalue weighted by atomic mass is 35.5. The van der Waals surface area contributed by atoms with Crippen molar-refractivity contribution in [1.82, 2.24) is 5.32 Å². The van der Waals surface area contributed by atoms with Crippen LogP contribution in [0.25, 0.3) is 0 Å². The van der Waals surface area contributed by atoms with E-state index in [1.165, 1.54) is 12.0 Å². The predicted molar refractivity (Wildman–Crippen MR) is 92.5 cm³/mol. The molecule has 1 aromatic rings. The molecule has 120 valence electrons. The van der Waals surface area contributed by atoms with Crippen molar-refractivity contribution in [3.8, 4) is 5.75 Å². The molecule has 0 saturated carbocycles. The minimum Gasteiger partial charge on any atom is -0.495 e. The third kappa shape index (κ3) is 7.19. The molecule has 0 atom stereocenters. The van der Waals surface area contributed by atoms with Crippen molar-refractivity contribution in [1.29, 1.82) is 0 Å². The molecule has 0 amide bonds. The first-order valence-corrected chi connectivity index (χ1v) is 8.08. The average molecular weight is 312 g/mol. The Kier molecular flexibility index (Phi) is 6.55. The summed E-state index contributed by atoms with van der Waals surface area (Å²) in [6.45, 7) is 12.4. The van der Waals surface area contributed by atoms with Crippen LogP contribution >= 0.6 is 11.6 Å². The minimum atomic E-state index is 0.194. The number of methoxy groups -OCH3 is 1. The van der Waals surface area contributed by atoms with Crippen molar-refractivity contribution >= 4 is 11.6 Å². The number of nitrogens with one attached hydrogen (secondary N) is 1. The first-order valence-electron chi connectivity index (χ1n) is 7.70. The fourth-order valence-corrected chi connectivity index (χ4v) is 2.53. The number of benzene rings is 1. The summed E-state index contributed by atoms with van der Waals surface area (Å²) in [7, 11) is 1.65. The second-order valence-electron chi connectivity index (χ2n) is 7.56. The Morgan fingerprint density at radius 3 is 2.29 bits per heavy atom. The highest BCUT2D eigenvalue weighted by Gasteiger charge is 2.19. The van der Waals surface area contributed by atoms with Gasteiger partial charge in [-0.3, -0.25) is 0 Å². The monoisotopic (exact) mass is 311 g/mol. The Morgan fingerprint density at radius 2 is 1.76 bits per heavy atom. The summed E-state index contributed by atoms with van der Waals surface area (Å²) in [6, 6.07) is 6.07. The van der Waals surface area contributed by atoms with Gasteiger partial charge in [0.25, 0.3) is 0 Å². The van der Waals surface area contributed by atoms with Crippen molar-refractivity contribution in [2.24, 2.45) is 5.41 Å². The van der Waals surface area contributed by atoms with Gasteiger partial charge in [0.05, 0.1) is 12.1 Å². The maximum atomic E-state index is 6.18. The van der Waals surface area contributed by atoms with E-state index in [1.54, 1.807) is 7.11 Å². The normalized spacial score (nSPS) is 12.5. The number of halogens is 1. The van der Waals surface area contributed by atoms with Crippen molar-refractivity contribution in [2.45, 2.75) is 59.4 Å². The lowest BCUT2D eigenvalue weighted by Gasteiger charge is -2.28. The van der Waals surface area contributed by atoms with E-state index >= 15 is 0 Å². The number of hydrogen-bond acceptors (Lipinski definition) is 2.